The van der Waals surface area contributed by atoms with Crippen molar-refractivity contribution in [3.05, 3.63) is 270 Å². The van der Waals surface area contributed by atoms with Gasteiger partial charge in [-0.3, -0.25) is 0 Å². The van der Waals surface area contributed by atoms with Gasteiger partial charge in [-0.1, -0.05) is 170 Å². The van der Waals surface area contributed by atoms with Crippen LogP contribution < -0.4 is 19.6 Å². The number of benzene rings is 12. The van der Waals surface area contributed by atoms with Crippen LogP contribution in [0.2, 0.25) is 0 Å². The van der Waals surface area contributed by atoms with E-state index in [0.717, 1.165) is 22.7 Å². The van der Waals surface area contributed by atoms with Crippen molar-refractivity contribution >= 4 is 272 Å². The first kappa shape index (κ1) is 60.5. The molecule has 482 valence electrons. The average Bonchev–Trinajstić information content (AvgIpc) is 0.925. The van der Waals surface area contributed by atoms with Gasteiger partial charge in [0.25, 0.3) is 0 Å². The van der Waals surface area contributed by atoms with E-state index in [1.807, 2.05) is 90.7 Å². The standard InChI is InChI=1S/C88H62N4S8/c1-47-81(59-25-9-17-33-71(59)93-47)89(82-48(2)94-72-34-18-10-26-60(72)82)67-45-68(90(83-49(3)95-73-35-19-11-27-61(73)83)84-50(4)96-74-36-20-12-28-62(74)84)56-43-44-58-70(92(87-53(7)99-77-39-23-15-31-65(77)87)88-54(8)100-78-40-24-16-32-66(78)88)46-69(57-42-41-55(67)79(56)80(57)58)91(85-51(5)97-75-37-21-13-29-63(75)85)86-52(6)98-76-38-22-14-30-64(76)86/h9-46H,1-8H3. The summed E-state index contributed by atoms with van der Waals surface area (Å²) in [5.74, 6) is 0. The molecule has 0 saturated carbocycles. The molecule has 20 rings (SSSR count). The van der Waals surface area contributed by atoms with Gasteiger partial charge in [0.15, 0.2) is 0 Å². The molecule has 12 aromatic carbocycles. The summed E-state index contributed by atoms with van der Waals surface area (Å²) in [5.41, 5.74) is 14.3. The highest BCUT2D eigenvalue weighted by molar-refractivity contribution is 7.22. The van der Waals surface area contributed by atoms with Crippen LogP contribution in [0, 0.1) is 55.4 Å². The number of hydrogen-bond acceptors (Lipinski definition) is 12. The molecule has 0 atom stereocenters. The first-order valence-corrected chi connectivity index (χ1v) is 40.3. The molecule has 8 aromatic heterocycles. The minimum absolute atomic E-state index is 1.13. The maximum atomic E-state index is 2.72. The normalized spacial score (nSPS) is 12.2. The van der Waals surface area contributed by atoms with Crippen LogP contribution >= 0.6 is 90.7 Å². The molecule has 0 bridgehead atoms. The lowest BCUT2D eigenvalue weighted by molar-refractivity contribution is 1.27. The SMILES string of the molecule is Cc1sc2ccccc2c1N(c1c(C)sc2ccccc12)c1cc(N(c2c(C)sc3ccccc23)c2c(C)sc3ccccc23)c2ccc3c(N(c4c(C)sc5ccccc45)c4c(C)sc5ccccc45)cc(N(c4c(C)sc5ccccc45)c4c(C)sc5ccccc45)c4ccc1c2c43. The summed E-state index contributed by atoms with van der Waals surface area (Å²) in [7, 11) is 0. The van der Waals surface area contributed by atoms with Crippen LogP contribution in [0.3, 0.4) is 0 Å². The Bertz CT molecular complexity index is 5650. The number of nitrogens with zero attached hydrogens (tertiary/aromatic N) is 4. The van der Waals surface area contributed by atoms with Crippen molar-refractivity contribution in [2.45, 2.75) is 55.4 Å². The van der Waals surface area contributed by atoms with E-state index in [4.69, 9.17) is 0 Å². The molecule has 0 fully saturated rings. The van der Waals surface area contributed by atoms with Crippen molar-refractivity contribution in [1.82, 2.24) is 0 Å². The molecule has 0 radical (unpaired) electrons. The Hall–Kier alpha value is -9.44. The molecule has 0 spiro atoms. The molecule has 8 heterocycles. The second kappa shape index (κ2) is 23.1. The van der Waals surface area contributed by atoms with E-state index in [1.165, 1.54) is 198 Å². The lowest BCUT2D eigenvalue weighted by Gasteiger charge is -2.35. The van der Waals surface area contributed by atoms with Crippen molar-refractivity contribution in [2.75, 3.05) is 19.6 Å². The second-order valence-electron chi connectivity index (χ2n) is 26.3. The zero-order valence-electron chi connectivity index (χ0n) is 56.0. The fourth-order valence-electron chi connectivity index (χ4n) is 16.5. The third kappa shape index (κ3) is 8.88. The first-order chi connectivity index (χ1) is 48.9. The molecule has 0 aliphatic carbocycles. The molecule has 0 aliphatic heterocycles. The van der Waals surface area contributed by atoms with Crippen LogP contribution in [-0.4, -0.2) is 0 Å². The van der Waals surface area contributed by atoms with Crippen molar-refractivity contribution in [1.29, 1.82) is 0 Å². The number of anilines is 12. The highest BCUT2D eigenvalue weighted by atomic mass is 32.1. The maximum absolute atomic E-state index is 2.72. The van der Waals surface area contributed by atoms with Gasteiger partial charge < -0.3 is 19.6 Å². The largest absolute Gasteiger partial charge is 0.306 e. The van der Waals surface area contributed by atoms with Gasteiger partial charge >= 0.3 is 0 Å². The van der Waals surface area contributed by atoms with E-state index in [-0.39, 0.29) is 0 Å². The number of aryl methyl sites for hydroxylation is 8. The Balaban J connectivity index is 1.04. The van der Waals surface area contributed by atoms with E-state index in [9.17, 15) is 0 Å². The number of thiophene rings is 8. The lowest BCUT2D eigenvalue weighted by atomic mass is 9.88. The molecule has 0 N–H and O–H groups in total. The van der Waals surface area contributed by atoms with Gasteiger partial charge in [-0.05, 0) is 116 Å². The van der Waals surface area contributed by atoms with Gasteiger partial charge in [-0.25, -0.2) is 0 Å². The van der Waals surface area contributed by atoms with Gasteiger partial charge in [0, 0.05) is 152 Å². The summed E-state index contributed by atoms with van der Waals surface area (Å²) in [6, 6.07) is 88.1. The van der Waals surface area contributed by atoms with E-state index in [0.29, 0.717) is 0 Å². The van der Waals surface area contributed by atoms with Crippen LogP contribution in [0.5, 0.6) is 0 Å². The summed E-state index contributed by atoms with van der Waals surface area (Å²) in [6.45, 7) is 18.8. The second-order valence-corrected chi connectivity index (χ2v) is 36.3. The first-order valence-electron chi connectivity index (χ1n) is 33.8. The van der Waals surface area contributed by atoms with E-state index >= 15 is 0 Å². The Morgan fingerprint density at radius 2 is 0.310 bits per heavy atom. The number of rotatable bonds is 12. The predicted octanol–water partition coefficient (Wildman–Crippen LogP) is 30.6. The predicted molar refractivity (Wildman–Crippen MR) is 450 cm³/mol. The Morgan fingerprint density at radius 3 is 0.460 bits per heavy atom. The van der Waals surface area contributed by atoms with E-state index in [2.05, 4.69) is 306 Å². The van der Waals surface area contributed by atoms with Crippen LogP contribution in [-0.2, 0) is 0 Å². The van der Waals surface area contributed by atoms with Crippen LogP contribution in [0.15, 0.2) is 231 Å². The molecule has 0 amide bonds. The highest BCUT2D eigenvalue weighted by Gasteiger charge is 2.36. The highest BCUT2D eigenvalue weighted by Crippen LogP contribution is 2.62. The van der Waals surface area contributed by atoms with Crippen molar-refractivity contribution in [2.24, 2.45) is 0 Å². The van der Waals surface area contributed by atoms with E-state index < -0.39 is 0 Å². The van der Waals surface area contributed by atoms with Gasteiger partial charge in [-0.15, -0.1) is 90.7 Å². The summed E-state index contributed by atoms with van der Waals surface area (Å²) >= 11 is 15.2. The summed E-state index contributed by atoms with van der Waals surface area (Å²) in [5, 5.41) is 17.1. The topological polar surface area (TPSA) is 13.0 Å². The fourth-order valence-corrected chi connectivity index (χ4v) is 24.9. The molecule has 4 nitrogen and oxygen atoms in total. The zero-order valence-corrected chi connectivity index (χ0v) is 62.5. The molecule has 100 heavy (non-hydrogen) atoms. The maximum Gasteiger partial charge on any atom is 0.0677 e. The molecule has 12 heteroatoms. The van der Waals surface area contributed by atoms with Crippen LogP contribution in [0.4, 0.5) is 68.2 Å². The third-order valence-corrected chi connectivity index (χ3v) is 29.1. The van der Waals surface area contributed by atoms with Crippen LogP contribution in [0.25, 0.3) is 113 Å². The minimum Gasteiger partial charge on any atom is -0.306 e. The molecule has 20 aromatic rings. The minimum atomic E-state index is 1.13. The van der Waals surface area contributed by atoms with Crippen molar-refractivity contribution < 1.29 is 0 Å². The number of hydrogen-bond donors (Lipinski definition) is 0. The molecular formula is C88H62N4S8. The molecular weight excluding hydrogens is 1370 g/mol. The monoisotopic (exact) mass is 1430 g/mol. The lowest BCUT2D eigenvalue weighted by Crippen LogP contribution is -2.17. The molecule has 0 saturated heterocycles. The summed E-state index contributed by atoms with van der Waals surface area (Å²) < 4.78 is 10.2. The van der Waals surface area contributed by atoms with Crippen molar-refractivity contribution in [3.63, 3.8) is 0 Å². The smallest absolute Gasteiger partial charge is 0.0677 e. The van der Waals surface area contributed by atoms with Gasteiger partial charge in [0.1, 0.15) is 0 Å². The van der Waals surface area contributed by atoms with Gasteiger partial charge in [0.05, 0.1) is 68.2 Å². The van der Waals surface area contributed by atoms with Gasteiger partial charge in [-0.2, -0.15) is 0 Å². The Kier molecular flexibility index (Phi) is 13.9. The average molecular weight is 1430 g/mol. The zero-order chi connectivity index (χ0) is 67.1. The quantitative estimate of drug-likeness (QED) is 0.113. The van der Waals surface area contributed by atoms with Gasteiger partial charge in [0.2, 0.25) is 0 Å². The Labute approximate surface area is 610 Å². The van der Waals surface area contributed by atoms with Crippen LogP contribution in [0.1, 0.15) is 39.0 Å². The fraction of sp³-hybridized carbons (Fsp3) is 0.0909. The third-order valence-electron chi connectivity index (χ3n) is 20.5. The van der Waals surface area contributed by atoms with Crippen molar-refractivity contribution in [3.8, 4) is 0 Å². The van der Waals surface area contributed by atoms with E-state index in [1.54, 1.807) is 0 Å². The Morgan fingerprint density at radius 1 is 0.170 bits per heavy atom. The molecule has 0 aliphatic rings. The molecule has 0 unspecified atom stereocenters. The summed E-state index contributed by atoms with van der Waals surface area (Å²) in [6.07, 6.45) is 0. The summed E-state index contributed by atoms with van der Waals surface area (Å²) in [4.78, 5) is 21.0. The number of fused-ring (bicyclic) bond motifs is 8.